The number of nitrogens with one attached hydrogen (secondary N) is 1. The maximum Gasteiger partial charge on any atom is 0.323 e. The fourth-order valence-corrected chi connectivity index (χ4v) is 2.76. The van der Waals surface area contributed by atoms with Gasteiger partial charge in [0.05, 0.1) is 6.61 Å². The number of ether oxygens (including phenoxy) is 1. The molecule has 116 valence electrons. The Bertz CT molecular complexity index is 313. The van der Waals surface area contributed by atoms with Gasteiger partial charge in [-0.3, -0.25) is 14.9 Å². The monoisotopic (exact) mass is 285 g/mol. The normalized spacial score (nSPS) is 19.3. The van der Waals surface area contributed by atoms with Crippen LogP contribution < -0.4 is 5.32 Å². The van der Waals surface area contributed by atoms with Gasteiger partial charge in [0.2, 0.25) is 0 Å². The van der Waals surface area contributed by atoms with E-state index in [1.165, 1.54) is 32.1 Å². The highest BCUT2D eigenvalue weighted by Crippen LogP contribution is 2.27. The summed E-state index contributed by atoms with van der Waals surface area (Å²) in [4.78, 5) is 22.8. The number of carbonyl (C=O) groups is 2. The first-order valence-electron chi connectivity index (χ1n) is 7.70. The number of carboxylic acids is 1. The van der Waals surface area contributed by atoms with E-state index in [9.17, 15) is 9.59 Å². The summed E-state index contributed by atoms with van der Waals surface area (Å²) in [6.07, 6.45) is 7.92. The molecule has 20 heavy (non-hydrogen) atoms. The predicted molar refractivity (Wildman–Crippen MR) is 76.5 cm³/mol. The maximum absolute atomic E-state index is 11.9. The second-order valence-electron chi connectivity index (χ2n) is 5.61. The predicted octanol–water partition coefficient (Wildman–Crippen LogP) is 2.34. The van der Waals surface area contributed by atoms with Crippen molar-refractivity contribution in [2.24, 2.45) is 5.92 Å². The maximum atomic E-state index is 11.9. The Morgan fingerprint density at radius 2 is 1.95 bits per heavy atom. The first kappa shape index (κ1) is 17.0. The molecule has 0 aromatic carbocycles. The van der Waals surface area contributed by atoms with E-state index in [1.807, 2.05) is 0 Å². The summed E-state index contributed by atoms with van der Waals surface area (Å²) in [5.74, 6) is -0.615. The molecule has 0 saturated heterocycles. The number of carboxylic acid groups (broad SMARTS) is 1. The molecule has 1 rings (SSSR count). The van der Waals surface area contributed by atoms with E-state index in [0.717, 1.165) is 6.42 Å². The van der Waals surface area contributed by atoms with Gasteiger partial charge in [0, 0.05) is 0 Å². The van der Waals surface area contributed by atoms with Crippen molar-refractivity contribution in [3.05, 3.63) is 0 Å². The lowest BCUT2D eigenvalue weighted by Gasteiger charge is -2.25. The topological polar surface area (TPSA) is 75.6 Å². The third-order valence-corrected chi connectivity index (χ3v) is 3.98. The zero-order valence-corrected chi connectivity index (χ0v) is 12.6. The van der Waals surface area contributed by atoms with E-state index in [1.54, 1.807) is 13.8 Å². The van der Waals surface area contributed by atoms with Gasteiger partial charge in [-0.25, -0.2) is 0 Å². The van der Waals surface area contributed by atoms with Gasteiger partial charge in [0.25, 0.3) is 0 Å². The lowest BCUT2D eigenvalue weighted by molar-refractivity contribution is -0.147. The van der Waals surface area contributed by atoms with Crippen LogP contribution in [0.2, 0.25) is 0 Å². The van der Waals surface area contributed by atoms with Crippen LogP contribution in [-0.4, -0.2) is 35.7 Å². The molecule has 1 saturated carbocycles. The smallest absolute Gasteiger partial charge is 0.323 e. The minimum atomic E-state index is -0.947. The average molecular weight is 285 g/mol. The van der Waals surface area contributed by atoms with Crippen molar-refractivity contribution in [3.8, 4) is 0 Å². The fraction of sp³-hybridized carbons (Fsp3) is 0.867. The fourth-order valence-electron chi connectivity index (χ4n) is 2.76. The van der Waals surface area contributed by atoms with Gasteiger partial charge < -0.3 is 9.84 Å². The minimum absolute atomic E-state index is 0.321. The van der Waals surface area contributed by atoms with Crippen LogP contribution in [0.4, 0.5) is 0 Å². The van der Waals surface area contributed by atoms with E-state index in [0.29, 0.717) is 18.9 Å². The van der Waals surface area contributed by atoms with Crippen LogP contribution in [0.1, 0.15) is 58.8 Å². The molecule has 0 spiro atoms. The van der Waals surface area contributed by atoms with Crippen molar-refractivity contribution >= 4 is 11.9 Å². The molecule has 5 nitrogen and oxygen atoms in total. The SMILES string of the molecule is CCOC(=O)C(CCC1CCCCC1)N[C@@H](C)C(=O)O. The molecule has 1 fully saturated rings. The Balaban J connectivity index is 2.48. The molecule has 0 heterocycles. The second-order valence-corrected chi connectivity index (χ2v) is 5.61. The second kappa shape index (κ2) is 8.95. The molecular formula is C15H27NO4. The van der Waals surface area contributed by atoms with E-state index in [-0.39, 0.29) is 5.97 Å². The van der Waals surface area contributed by atoms with Gasteiger partial charge in [-0.05, 0) is 32.6 Å². The molecule has 0 amide bonds. The zero-order chi connectivity index (χ0) is 15.0. The van der Waals surface area contributed by atoms with Crippen LogP contribution in [0, 0.1) is 5.92 Å². The highest BCUT2D eigenvalue weighted by molar-refractivity contribution is 5.78. The Morgan fingerprint density at radius 1 is 1.30 bits per heavy atom. The quantitative estimate of drug-likeness (QED) is 0.669. The molecule has 5 heteroatoms. The number of rotatable bonds is 8. The summed E-state index contributed by atoms with van der Waals surface area (Å²) in [6, 6.07) is -1.25. The lowest BCUT2D eigenvalue weighted by atomic mass is 9.85. The Kier molecular flexibility index (Phi) is 7.59. The lowest BCUT2D eigenvalue weighted by Crippen LogP contribution is -2.46. The van der Waals surface area contributed by atoms with Gasteiger partial charge in [0.15, 0.2) is 0 Å². The van der Waals surface area contributed by atoms with Crippen LogP contribution >= 0.6 is 0 Å². The zero-order valence-electron chi connectivity index (χ0n) is 12.6. The van der Waals surface area contributed by atoms with Crippen molar-refractivity contribution in [1.29, 1.82) is 0 Å². The summed E-state index contributed by atoms with van der Waals surface area (Å²) in [5.41, 5.74) is 0. The minimum Gasteiger partial charge on any atom is -0.480 e. The van der Waals surface area contributed by atoms with Crippen LogP contribution in [0.3, 0.4) is 0 Å². The van der Waals surface area contributed by atoms with Crippen LogP contribution in [-0.2, 0) is 14.3 Å². The molecule has 0 aromatic rings. The number of aliphatic carboxylic acids is 1. The molecule has 2 atom stereocenters. The highest BCUT2D eigenvalue weighted by atomic mass is 16.5. The van der Waals surface area contributed by atoms with E-state index in [4.69, 9.17) is 9.84 Å². The van der Waals surface area contributed by atoms with Crippen molar-refractivity contribution in [2.75, 3.05) is 6.61 Å². The van der Waals surface area contributed by atoms with Crippen molar-refractivity contribution in [1.82, 2.24) is 5.32 Å². The molecule has 0 bridgehead atoms. The largest absolute Gasteiger partial charge is 0.480 e. The third-order valence-electron chi connectivity index (χ3n) is 3.98. The molecule has 2 N–H and O–H groups in total. The number of hydrogen-bond acceptors (Lipinski definition) is 4. The van der Waals surface area contributed by atoms with E-state index in [2.05, 4.69) is 5.32 Å². The van der Waals surface area contributed by atoms with Crippen molar-refractivity contribution in [2.45, 2.75) is 70.9 Å². The standard InChI is InChI=1S/C15H27NO4/c1-3-20-15(19)13(16-11(2)14(17)18)10-9-12-7-5-4-6-8-12/h11-13,16H,3-10H2,1-2H3,(H,17,18)/t11-,13?/m0/s1. The Hall–Kier alpha value is -1.10. The molecule has 1 aliphatic carbocycles. The summed E-state index contributed by atoms with van der Waals surface area (Å²) < 4.78 is 5.03. The first-order valence-corrected chi connectivity index (χ1v) is 7.70. The van der Waals surface area contributed by atoms with E-state index >= 15 is 0 Å². The Morgan fingerprint density at radius 3 is 2.50 bits per heavy atom. The van der Waals surface area contributed by atoms with Crippen LogP contribution in [0.25, 0.3) is 0 Å². The molecular weight excluding hydrogens is 258 g/mol. The summed E-state index contributed by atoms with van der Waals surface area (Å²) >= 11 is 0. The number of carbonyl (C=O) groups excluding carboxylic acids is 1. The number of hydrogen-bond donors (Lipinski definition) is 2. The summed E-state index contributed by atoms with van der Waals surface area (Å²) in [7, 11) is 0. The van der Waals surface area contributed by atoms with Gasteiger partial charge in [-0.1, -0.05) is 32.1 Å². The molecule has 0 aromatic heterocycles. The molecule has 1 unspecified atom stereocenters. The Labute approximate surface area is 121 Å². The molecule has 0 aliphatic heterocycles. The third kappa shape index (κ3) is 5.90. The summed E-state index contributed by atoms with van der Waals surface area (Å²) in [6.45, 7) is 3.63. The van der Waals surface area contributed by atoms with Gasteiger partial charge in [0.1, 0.15) is 12.1 Å². The number of esters is 1. The molecule has 1 aliphatic rings. The van der Waals surface area contributed by atoms with Gasteiger partial charge in [-0.15, -0.1) is 0 Å². The molecule has 0 radical (unpaired) electrons. The van der Waals surface area contributed by atoms with Crippen molar-refractivity contribution < 1.29 is 19.4 Å². The van der Waals surface area contributed by atoms with Gasteiger partial charge >= 0.3 is 11.9 Å². The van der Waals surface area contributed by atoms with Crippen LogP contribution in [0.15, 0.2) is 0 Å². The van der Waals surface area contributed by atoms with Crippen LogP contribution in [0.5, 0.6) is 0 Å². The van der Waals surface area contributed by atoms with Crippen molar-refractivity contribution in [3.63, 3.8) is 0 Å². The average Bonchev–Trinajstić information content (AvgIpc) is 2.44. The van der Waals surface area contributed by atoms with Gasteiger partial charge in [-0.2, -0.15) is 0 Å². The summed E-state index contributed by atoms with van der Waals surface area (Å²) in [5, 5.41) is 11.8. The highest BCUT2D eigenvalue weighted by Gasteiger charge is 2.25. The van der Waals surface area contributed by atoms with E-state index < -0.39 is 18.1 Å². The first-order chi connectivity index (χ1) is 9.54.